The second-order valence-corrected chi connectivity index (χ2v) is 3.19. The number of rotatable bonds is 2. The summed E-state index contributed by atoms with van der Waals surface area (Å²) in [5, 5.41) is 21.3. The van der Waals surface area contributed by atoms with Gasteiger partial charge < -0.3 is 10.4 Å². The van der Waals surface area contributed by atoms with Crippen molar-refractivity contribution in [2.45, 2.75) is 0 Å². The Bertz CT molecular complexity index is 432. The van der Waals surface area contributed by atoms with Gasteiger partial charge in [-0.15, -0.1) is 0 Å². The van der Waals surface area contributed by atoms with E-state index in [2.05, 4.69) is 5.32 Å². The molecule has 0 atom stereocenters. The quantitative estimate of drug-likeness (QED) is 0.345. The van der Waals surface area contributed by atoms with Crippen molar-refractivity contribution in [1.29, 1.82) is 5.26 Å². The summed E-state index contributed by atoms with van der Waals surface area (Å²) in [6.07, 6.45) is 0. The molecule has 0 heterocycles. The highest BCUT2D eigenvalue weighted by molar-refractivity contribution is 7.80. The lowest BCUT2D eigenvalue weighted by molar-refractivity contribution is 0.510. The summed E-state index contributed by atoms with van der Waals surface area (Å²) >= 11 is 4.90. The molecule has 1 aromatic carbocycles. The summed E-state index contributed by atoms with van der Waals surface area (Å²) in [5.74, 6) is -0.0996. The standard InChI is InChI=1S/C11H10N2OS/c1-13-11(15)9(7-12)10(14)8-5-3-2-4-6-8/h2-6,14H,1H3,(H,13,15). The van der Waals surface area contributed by atoms with E-state index in [1.807, 2.05) is 12.1 Å². The number of likely N-dealkylation sites (N-methyl/N-ethyl adjacent to an activating group) is 1. The van der Waals surface area contributed by atoms with Gasteiger partial charge in [0.15, 0.2) is 0 Å². The van der Waals surface area contributed by atoms with Gasteiger partial charge in [-0.05, 0) is 0 Å². The van der Waals surface area contributed by atoms with E-state index in [-0.39, 0.29) is 16.3 Å². The van der Waals surface area contributed by atoms with Gasteiger partial charge >= 0.3 is 0 Å². The second-order valence-electron chi connectivity index (χ2n) is 2.78. The minimum absolute atomic E-state index is 0.0821. The predicted octanol–water partition coefficient (Wildman–Crippen LogP) is 2.03. The van der Waals surface area contributed by atoms with Gasteiger partial charge in [0, 0.05) is 12.6 Å². The van der Waals surface area contributed by atoms with E-state index < -0.39 is 0 Å². The molecule has 0 radical (unpaired) electrons. The molecule has 0 amide bonds. The van der Waals surface area contributed by atoms with Gasteiger partial charge in [0.05, 0.1) is 0 Å². The first-order chi connectivity index (χ1) is 7.20. The number of aliphatic hydroxyl groups is 1. The van der Waals surface area contributed by atoms with Gasteiger partial charge in [-0.3, -0.25) is 0 Å². The van der Waals surface area contributed by atoms with Crippen LogP contribution in [0, 0.1) is 11.3 Å². The fourth-order valence-electron chi connectivity index (χ4n) is 1.08. The second kappa shape index (κ2) is 5.13. The molecule has 0 spiro atoms. The zero-order chi connectivity index (χ0) is 11.3. The number of nitrogens with zero attached hydrogens (tertiary/aromatic N) is 1. The molecule has 2 N–H and O–H groups in total. The number of hydrogen-bond donors (Lipinski definition) is 2. The van der Waals surface area contributed by atoms with Crippen molar-refractivity contribution in [1.82, 2.24) is 5.32 Å². The molecule has 0 fully saturated rings. The van der Waals surface area contributed by atoms with Crippen molar-refractivity contribution in [3.8, 4) is 6.07 Å². The normalized spacial score (nSPS) is 11.2. The molecule has 0 unspecified atom stereocenters. The van der Waals surface area contributed by atoms with E-state index in [1.54, 1.807) is 31.3 Å². The molecule has 15 heavy (non-hydrogen) atoms. The van der Waals surface area contributed by atoms with Crippen LogP contribution in [0.4, 0.5) is 0 Å². The lowest BCUT2D eigenvalue weighted by Gasteiger charge is -2.04. The molecule has 4 heteroatoms. The summed E-state index contributed by atoms with van der Waals surface area (Å²) in [5.41, 5.74) is 0.658. The van der Waals surface area contributed by atoms with Crippen LogP contribution in [0.3, 0.4) is 0 Å². The van der Waals surface area contributed by atoms with Crippen LogP contribution in [0.25, 0.3) is 5.76 Å². The third-order valence-corrected chi connectivity index (χ3v) is 2.26. The number of aliphatic hydroxyl groups excluding tert-OH is 1. The van der Waals surface area contributed by atoms with Crippen molar-refractivity contribution < 1.29 is 5.11 Å². The van der Waals surface area contributed by atoms with Gasteiger partial charge in [0.1, 0.15) is 22.4 Å². The number of thiocarbonyl (C=S) groups is 1. The summed E-state index contributed by atoms with van der Waals surface area (Å²) in [4.78, 5) is 0.235. The predicted molar refractivity (Wildman–Crippen MR) is 63.3 cm³/mol. The Kier molecular flexibility index (Phi) is 3.83. The van der Waals surface area contributed by atoms with E-state index in [1.165, 1.54) is 0 Å². The SMILES string of the molecule is CNC(=S)C(C#N)=C(O)c1ccccc1. The minimum Gasteiger partial charge on any atom is -0.506 e. The molecule has 0 saturated heterocycles. The van der Waals surface area contributed by atoms with Crippen molar-refractivity contribution in [3.05, 3.63) is 41.5 Å². The number of nitrogens with one attached hydrogen (secondary N) is 1. The van der Waals surface area contributed by atoms with E-state index in [9.17, 15) is 5.11 Å². The highest BCUT2D eigenvalue weighted by atomic mass is 32.1. The molecule has 1 rings (SSSR count). The number of benzene rings is 1. The Morgan fingerprint density at radius 1 is 1.40 bits per heavy atom. The maximum atomic E-state index is 9.81. The Balaban J connectivity index is 3.20. The van der Waals surface area contributed by atoms with Crippen LogP contribution >= 0.6 is 12.2 Å². The van der Waals surface area contributed by atoms with Crippen LogP contribution in [-0.4, -0.2) is 17.1 Å². The maximum Gasteiger partial charge on any atom is 0.143 e. The van der Waals surface area contributed by atoms with Gasteiger partial charge in [0.25, 0.3) is 0 Å². The molecule has 0 aliphatic carbocycles. The Hall–Kier alpha value is -1.86. The molecule has 0 aliphatic heterocycles. The summed E-state index contributed by atoms with van der Waals surface area (Å²) in [7, 11) is 1.61. The molecular weight excluding hydrogens is 208 g/mol. The minimum atomic E-state index is -0.0996. The average Bonchev–Trinajstić information content (AvgIpc) is 2.30. The van der Waals surface area contributed by atoms with Gasteiger partial charge in [-0.25, -0.2) is 0 Å². The molecule has 0 bridgehead atoms. The zero-order valence-corrected chi connectivity index (χ0v) is 9.01. The Morgan fingerprint density at radius 2 is 2.00 bits per heavy atom. The zero-order valence-electron chi connectivity index (χ0n) is 8.19. The maximum absolute atomic E-state index is 9.81. The summed E-state index contributed by atoms with van der Waals surface area (Å²) in [6.45, 7) is 0. The highest BCUT2D eigenvalue weighted by Gasteiger charge is 2.10. The third kappa shape index (κ3) is 2.55. The molecular formula is C11H10N2OS. The molecule has 0 aromatic heterocycles. The third-order valence-electron chi connectivity index (χ3n) is 1.85. The van der Waals surface area contributed by atoms with Crippen LogP contribution in [0.15, 0.2) is 35.9 Å². The summed E-state index contributed by atoms with van der Waals surface area (Å²) in [6, 6.07) is 10.7. The molecule has 3 nitrogen and oxygen atoms in total. The first kappa shape index (κ1) is 11.2. The van der Waals surface area contributed by atoms with E-state index in [0.29, 0.717) is 5.56 Å². The van der Waals surface area contributed by atoms with Crippen LogP contribution in [0.2, 0.25) is 0 Å². The number of hydrogen-bond acceptors (Lipinski definition) is 3. The lowest BCUT2D eigenvalue weighted by Crippen LogP contribution is -2.18. The lowest BCUT2D eigenvalue weighted by atomic mass is 10.1. The topological polar surface area (TPSA) is 56.0 Å². The van der Waals surface area contributed by atoms with Crippen molar-refractivity contribution in [2.75, 3.05) is 7.05 Å². The van der Waals surface area contributed by atoms with Gasteiger partial charge in [-0.2, -0.15) is 5.26 Å². The van der Waals surface area contributed by atoms with Crippen molar-refractivity contribution in [3.63, 3.8) is 0 Å². The summed E-state index contributed by atoms with van der Waals surface area (Å²) < 4.78 is 0. The first-order valence-electron chi connectivity index (χ1n) is 4.31. The fourth-order valence-corrected chi connectivity index (χ4v) is 1.22. The van der Waals surface area contributed by atoms with Crippen LogP contribution in [0.5, 0.6) is 0 Å². The van der Waals surface area contributed by atoms with Gasteiger partial charge in [0.2, 0.25) is 0 Å². The molecule has 76 valence electrons. The molecule has 0 aliphatic rings. The van der Waals surface area contributed by atoms with E-state index in [0.717, 1.165) is 0 Å². The first-order valence-corrected chi connectivity index (χ1v) is 4.72. The van der Waals surface area contributed by atoms with Gasteiger partial charge in [-0.1, -0.05) is 42.5 Å². The van der Waals surface area contributed by atoms with Crippen LogP contribution in [0.1, 0.15) is 5.56 Å². The molecule has 1 aromatic rings. The van der Waals surface area contributed by atoms with Crippen LogP contribution in [-0.2, 0) is 0 Å². The highest BCUT2D eigenvalue weighted by Crippen LogP contribution is 2.15. The molecule has 0 saturated carbocycles. The van der Waals surface area contributed by atoms with Crippen molar-refractivity contribution in [2.24, 2.45) is 0 Å². The number of nitriles is 1. The largest absolute Gasteiger partial charge is 0.506 e. The fraction of sp³-hybridized carbons (Fsp3) is 0.0909. The van der Waals surface area contributed by atoms with E-state index >= 15 is 0 Å². The Labute approximate surface area is 93.7 Å². The van der Waals surface area contributed by atoms with Crippen LogP contribution < -0.4 is 5.32 Å². The monoisotopic (exact) mass is 218 g/mol. The van der Waals surface area contributed by atoms with E-state index in [4.69, 9.17) is 17.5 Å². The smallest absolute Gasteiger partial charge is 0.143 e. The average molecular weight is 218 g/mol. The Morgan fingerprint density at radius 3 is 2.47 bits per heavy atom. The van der Waals surface area contributed by atoms with Crippen molar-refractivity contribution >= 4 is 23.0 Å².